The number of rotatable bonds is 4. The average molecular weight is 251 g/mol. The minimum Gasteiger partial charge on any atom is -0.348 e. The number of hydrogen-bond donors (Lipinski definition) is 1. The molecule has 0 spiro atoms. The van der Waals surface area contributed by atoms with Crippen molar-refractivity contribution in [1.82, 2.24) is 10.3 Å². The van der Waals surface area contributed by atoms with Crippen LogP contribution in [0.15, 0.2) is 6.20 Å². The van der Waals surface area contributed by atoms with Gasteiger partial charge in [-0.05, 0) is 31.6 Å². The van der Waals surface area contributed by atoms with Crippen molar-refractivity contribution in [3.63, 3.8) is 0 Å². The van der Waals surface area contributed by atoms with E-state index in [2.05, 4.69) is 22.1 Å². The normalized spacial score (nSPS) is 22.1. The Morgan fingerprint density at radius 3 is 2.82 bits per heavy atom. The van der Waals surface area contributed by atoms with Gasteiger partial charge in [0.15, 0.2) is 5.13 Å². The summed E-state index contributed by atoms with van der Waals surface area (Å²) in [6.45, 7) is 5.73. The van der Waals surface area contributed by atoms with Gasteiger partial charge in [0.1, 0.15) is 0 Å². The molecule has 0 aromatic carbocycles. The summed E-state index contributed by atoms with van der Waals surface area (Å²) in [5, 5.41) is 4.77. The molecule has 1 saturated heterocycles. The Kier molecular flexibility index (Phi) is 3.34. The van der Waals surface area contributed by atoms with Crippen LogP contribution in [0, 0.1) is 5.92 Å². The SMILES string of the molecule is CC1CCN(c2ncc(CNC3CC3)s2)CC1. The third kappa shape index (κ3) is 2.99. The zero-order valence-electron chi connectivity index (χ0n) is 10.5. The molecular formula is C13H21N3S. The molecule has 1 aliphatic heterocycles. The summed E-state index contributed by atoms with van der Waals surface area (Å²) in [4.78, 5) is 8.40. The molecule has 0 bridgehead atoms. The Balaban J connectivity index is 1.55. The molecule has 0 unspecified atom stereocenters. The Hall–Kier alpha value is -0.610. The maximum atomic E-state index is 4.57. The van der Waals surface area contributed by atoms with E-state index in [9.17, 15) is 0 Å². The van der Waals surface area contributed by atoms with Crippen molar-refractivity contribution < 1.29 is 0 Å². The van der Waals surface area contributed by atoms with Gasteiger partial charge < -0.3 is 10.2 Å². The minimum atomic E-state index is 0.788. The van der Waals surface area contributed by atoms with Gasteiger partial charge >= 0.3 is 0 Å². The maximum Gasteiger partial charge on any atom is 0.185 e. The van der Waals surface area contributed by atoms with Crippen molar-refractivity contribution in [2.45, 2.75) is 45.2 Å². The van der Waals surface area contributed by atoms with Crippen molar-refractivity contribution in [3.05, 3.63) is 11.1 Å². The van der Waals surface area contributed by atoms with E-state index in [1.54, 1.807) is 0 Å². The zero-order valence-corrected chi connectivity index (χ0v) is 11.3. The first-order valence-electron chi connectivity index (χ1n) is 6.74. The van der Waals surface area contributed by atoms with Crippen LogP contribution in [0.5, 0.6) is 0 Å². The van der Waals surface area contributed by atoms with E-state index in [0.29, 0.717) is 0 Å². The molecule has 2 aliphatic rings. The molecule has 0 amide bonds. The van der Waals surface area contributed by atoms with Crippen LogP contribution in [0.3, 0.4) is 0 Å². The van der Waals surface area contributed by atoms with Crippen LogP contribution in [0.1, 0.15) is 37.5 Å². The van der Waals surface area contributed by atoms with Gasteiger partial charge in [0.05, 0.1) is 0 Å². The van der Waals surface area contributed by atoms with E-state index in [4.69, 9.17) is 0 Å². The quantitative estimate of drug-likeness (QED) is 0.891. The van der Waals surface area contributed by atoms with E-state index >= 15 is 0 Å². The fraction of sp³-hybridized carbons (Fsp3) is 0.769. The molecule has 1 aliphatic carbocycles. The highest BCUT2D eigenvalue weighted by molar-refractivity contribution is 7.15. The average Bonchev–Trinajstić information content (AvgIpc) is 3.06. The standard InChI is InChI=1S/C13H21N3S/c1-10-4-6-16(7-5-10)13-15-9-12(17-13)8-14-11-2-3-11/h9-11,14H,2-8H2,1H3. The number of thiazole rings is 1. The van der Waals surface area contributed by atoms with Gasteiger partial charge in [0, 0.05) is 36.8 Å². The van der Waals surface area contributed by atoms with Crippen molar-refractivity contribution >= 4 is 16.5 Å². The van der Waals surface area contributed by atoms with Crippen LogP contribution >= 0.6 is 11.3 Å². The molecule has 4 heteroatoms. The Labute approximate surface area is 107 Å². The van der Waals surface area contributed by atoms with Crippen molar-refractivity contribution in [2.24, 2.45) is 5.92 Å². The summed E-state index contributed by atoms with van der Waals surface area (Å²) in [7, 11) is 0. The number of aromatic nitrogens is 1. The fourth-order valence-electron chi connectivity index (χ4n) is 2.26. The summed E-state index contributed by atoms with van der Waals surface area (Å²) in [5.74, 6) is 0.891. The van der Waals surface area contributed by atoms with E-state index in [-0.39, 0.29) is 0 Å². The molecule has 1 aromatic rings. The second-order valence-electron chi connectivity index (χ2n) is 5.43. The Morgan fingerprint density at radius 1 is 1.35 bits per heavy atom. The van der Waals surface area contributed by atoms with Gasteiger partial charge in [0.25, 0.3) is 0 Å². The molecule has 2 heterocycles. The lowest BCUT2D eigenvalue weighted by molar-refractivity contribution is 0.438. The van der Waals surface area contributed by atoms with Crippen LogP contribution in [-0.2, 0) is 6.54 Å². The minimum absolute atomic E-state index is 0.788. The lowest BCUT2D eigenvalue weighted by Gasteiger charge is -2.29. The lowest BCUT2D eigenvalue weighted by Crippen LogP contribution is -2.32. The number of nitrogens with zero attached hydrogens (tertiary/aromatic N) is 2. The molecule has 0 atom stereocenters. The molecule has 17 heavy (non-hydrogen) atoms. The van der Waals surface area contributed by atoms with Crippen LogP contribution in [0.25, 0.3) is 0 Å². The van der Waals surface area contributed by atoms with E-state index < -0.39 is 0 Å². The van der Waals surface area contributed by atoms with E-state index in [0.717, 1.165) is 18.5 Å². The monoisotopic (exact) mass is 251 g/mol. The largest absolute Gasteiger partial charge is 0.348 e. The van der Waals surface area contributed by atoms with Gasteiger partial charge in [0.2, 0.25) is 0 Å². The predicted octanol–water partition coefficient (Wildman–Crippen LogP) is 2.63. The predicted molar refractivity (Wildman–Crippen MR) is 72.6 cm³/mol. The molecule has 0 radical (unpaired) electrons. The fourth-order valence-corrected chi connectivity index (χ4v) is 3.17. The van der Waals surface area contributed by atoms with Crippen molar-refractivity contribution in [3.8, 4) is 0 Å². The third-order valence-electron chi connectivity index (χ3n) is 3.74. The number of hydrogen-bond acceptors (Lipinski definition) is 4. The molecule has 1 N–H and O–H groups in total. The molecular weight excluding hydrogens is 230 g/mol. The smallest absolute Gasteiger partial charge is 0.185 e. The van der Waals surface area contributed by atoms with Gasteiger partial charge in [-0.1, -0.05) is 6.92 Å². The molecule has 2 fully saturated rings. The van der Waals surface area contributed by atoms with Crippen LogP contribution in [-0.4, -0.2) is 24.1 Å². The Morgan fingerprint density at radius 2 is 2.12 bits per heavy atom. The number of nitrogens with one attached hydrogen (secondary N) is 1. The van der Waals surface area contributed by atoms with Crippen LogP contribution < -0.4 is 10.2 Å². The summed E-state index contributed by atoms with van der Waals surface area (Å²) in [6.07, 6.45) is 7.39. The highest BCUT2D eigenvalue weighted by Crippen LogP contribution is 2.28. The van der Waals surface area contributed by atoms with E-state index in [1.807, 2.05) is 17.5 Å². The lowest BCUT2D eigenvalue weighted by atomic mass is 10.00. The first-order chi connectivity index (χ1) is 8.31. The second-order valence-corrected chi connectivity index (χ2v) is 6.53. The van der Waals surface area contributed by atoms with E-state index in [1.165, 1.54) is 48.8 Å². The molecule has 1 aromatic heterocycles. The number of anilines is 1. The van der Waals surface area contributed by atoms with Crippen LogP contribution in [0.2, 0.25) is 0 Å². The molecule has 94 valence electrons. The van der Waals surface area contributed by atoms with Gasteiger partial charge in [-0.3, -0.25) is 0 Å². The molecule has 3 nitrogen and oxygen atoms in total. The highest BCUT2D eigenvalue weighted by atomic mass is 32.1. The summed E-state index contributed by atoms with van der Waals surface area (Å²) >= 11 is 1.86. The van der Waals surface area contributed by atoms with Gasteiger partial charge in [-0.15, -0.1) is 11.3 Å². The number of piperidine rings is 1. The summed E-state index contributed by atoms with van der Waals surface area (Å²) in [6, 6.07) is 0.788. The van der Waals surface area contributed by atoms with Gasteiger partial charge in [-0.2, -0.15) is 0 Å². The zero-order chi connectivity index (χ0) is 11.7. The maximum absolute atomic E-state index is 4.57. The van der Waals surface area contributed by atoms with Crippen molar-refractivity contribution in [2.75, 3.05) is 18.0 Å². The van der Waals surface area contributed by atoms with Crippen LogP contribution in [0.4, 0.5) is 5.13 Å². The van der Waals surface area contributed by atoms with Gasteiger partial charge in [-0.25, -0.2) is 4.98 Å². The summed E-state index contributed by atoms with van der Waals surface area (Å²) in [5.41, 5.74) is 0. The second kappa shape index (κ2) is 4.94. The molecule has 1 saturated carbocycles. The third-order valence-corrected chi connectivity index (χ3v) is 4.80. The topological polar surface area (TPSA) is 28.2 Å². The summed E-state index contributed by atoms with van der Waals surface area (Å²) < 4.78 is 0. The highest BCUT2D eigenvalue weighted by Gasteiger charge is 2.21. The Bertz CT molecular complexity index is 364. The first kappa shape index (κ1) is 11.5. The first-order valence-corrected chi connectivity index (χ1v) is 7.56. The molecule has 3 rings (SSSR count). The van der Waals surface area contributed by atoms with Crippen molar-refractivity contribution in [1.29, 1.82) is 0 Å².